The summed E-state index contributed by atoms with van der Waals surface area (Å²) in [5.74, 6) is 1.26. The fraction of sp³-hybridized carbons (Fsp3) is 0.462. The second-order valence-corrected chi connectivity index (χ2v) is 9.05. The molecule has 2 aliphatic heterocycles. The van der Waals surface area contributed by atoms with Crippen molar-refractivity contribution < 1.29 is 4.79 Å². The lowest BCUT2D eigenvalue weighted by Crippen LogP contribution is -2.31. The van der Waals surface area contributed by atoms with E-state index in [1.807, 2.05) is 18.2 Å². The number of hydrogen-bond acceptors (Lipinski definition) is 3. The van der Waals surface area contributed by atoms with E-state index in [0.29, 0.717) is 18.3 Å². The van der Waals surface area contributed by atoms with Crippen molar-refractivity contribution in [2.75, 3.05) is 32.7 Å². The SMILES string of the molecule is O=C(Cc1ccccn1)N1C[C@H]2CC=C(c3ccc(CCN4CCCC4)cc3)[C@H]2C1. The smallest absolute Gasteiger partial charge is 0.228 e. The molecule has 3 heterocycles. The highest BCUT2D eigenvalue weighted by Crippen LogP contribution is 2.43. The van der Waals surface area contributed by atoms with E-state index in [0.717, 1.165) is 31.6 Å². The van der Waals surface area contributed by atoms with Crippen molar-refractivity contribution in [3.8, 4) is 0 Å². The molecule has 1 amide bonds. The molecule has 3 aliphatic rings. The lowest BCUT2D eigenvalue weighted by atomic mass is 9.90. The summed E-state index contributed by atoms with van der Waals surface area (Å²) in [6, 6.07) is 15.0. The lowest BCUT2D eigenvalue weighted by Gasteiger charge is -2.18. The van der Waals surface area contributed by atoms with Crippen LogP contribution in [-0.4, -0.2) is 53.4 Å². The number of likely N-dealkylation sites (tertiary alicyclic amines) is 2. The van der Waals surface area contributed by atoms with E-state index in [2.05, 4.69) is 45.1 Å². The number of benzene rings is 1. The van der Waals surface area contributed by atoms with Crippen molar-refractivity contribution in [3.05, 3.63) is 71.6 Å². The zero-order chi connectivity index (χ0) is 20.3. The molecule has 0 saturated carbocycles. The Balaban J connectivity index is 1.19. The van der Waals surface area contributed by atoms with Crippen LogP contribution >= 0.6 is 0 Å². The van der Waals surface area contributed by atoms with Gasteiger partial charge in [0, 0.05) is 37.4 Å². The summed E-state index contributed by atoms with van der Waals surface area (Å²) in [5.41, 5.74) is 5.07. The van der Waals surface area contributed by atoms with Crippen molar-refractivity contribution in [3.63, 3.8) is 0 Å². The van der Waals surface area contributed by atoms with Gasteiger partial charge in [-0.25, -0.2) is 0 Å². The van der Waals surface area contributed by atoms with Gasteiger partial charge in [0.15, 0.2) is 0 Å². The van der Waals surface area contributed by atoms with Gasteiger partial charge in [0.1, 0.15) is 0 Å². The summed E-state index contributed by atoms with van der Waals surface area (Å²) in [7, 11) is 0. The third kappa shape index (κ3) is 4.20. The van der Waals surface area contributed by atoms with Crippen molar-refractivity contribution in [1.29, 1.82) is 0 Å². The van der Waals surface area contributed by atoms with Crippen molar-refractivity contribution in [1.82, 2.24) is 14.8 Å². The predicted molar refractivity (Wildman–Crippen MR) is 120 cm³/mol. The average Bonchev–Trinajstić information content (AvgIpc) is 3.51. The van der Waals surface area contributed by atoms with Gasteiger partial charge in [-0.15, -0.1) is 0 Å². The van der Waals surface area contributed by atoms with Gasteiger partial charge < -0.3 is 9.80 Å². The van der Waals surface area contributed by atoms with E-state index < -0.39 is 0 Å². The van der Waals surface area contributed by atoms with E-state index in [-0.39, 0.29) is 5.91 Å². The van der Waals surface area contributed by atoms with Gasteiger partial charge in [0.25, 0.3) is 0 Å². The summed E-state index contributed by atoms with van der Waals surface area (Å²) in [6.45, 7) is 5.44. The molecule has 0 N–H and O–H groups in total. The predicted octanol–water partition coefficient (Wildman–Crippen LogP) is 3.82. The Bertz CT molecular complexity index is 900. The van der Waals surface area contributed by atoms with Gasteiger partial charge in [-0.1, -0.05) is 36.4 Å². The Hall–Kier alpha value is -2.46. The van der Waals surface area contributed by atoms with Crippen LogP contribution in [0.15, 0.2) is 54.7 Å². The Labute approximate surface area is 179 Å². The van der Waals surface area contributed by atoms with Crippen LogP contribution in [0.4, 0.5) is 0 Å². The van der Waals surface area contributed by atoms with Gasteiger partial charge in [-0.2, -0.15) is 0 Å². The van der Waals surface area contributed by atoms with Crippen LogP contribution in [-0.2, 0) is 17.6 Å². The molecule has 5 rings (SSSR count). The Kier molecular flexibility index (Phi) is 5.67. The van der Waals surface area contributed by atoms with Gasteiger partial charge >= 0.3 is 0 Å². The van der Waals surface area contributed by atoms with Crippen LogP contribution in [0.5, 0.6) is 0 Å². The van der Waals surface area contributed by atoms with Gasteiger partial charge in [0.05, 0.1) is 6.42 Å². The quantitative estimate of drug-likeness (QED) is 0.738. The molecule has 2 atom stereocenters. The number of rotatable bonds is 6. The molecule has 1 aliphatic carbocycles. The van der Waals surface area contributed by atoms with Crippen molar-refractivity contribution >= 4 is 11.5 Å². The minimum atomic E-state index is 0.208. The molecule has 30 heavy (non-hydrogen) atoms. The molecule has 0 unspecified atom stereocenters. The number of fused-ring (bicyclic) bond motifs is 1. The molecule has 4 nitrogen and oxygen atoms in total. The first-order valence-corrected chi connectivity index (χ1v) is 11.5. The monoisotopic (exact) mass is 401 g/mol. The Morgan fingerprint density at radius 1 is 1.03 bits per heavy atom. The largest absolute Gasteiger partial charge is 0.341 e. The normalized spacial score (nSPS) is 23.6. The standard InChI is InChI=1S/C26H31N3O/c30-26(17-23-5-1-2-13-27-23)29-18-22-10-11-24(25(22)19-29)21-8-6-20(7-9-21)12-16-28-14-3-4-15-28/h1-2,5-9,11,13,22,25H,3-4,10,12,14-19H2/t22-,25+/m1/s1. The van der Waals surface area contributed by atoms with Crippen LogP contribution < -0.4 is 0 Å². The maximum Gasteiger partial charge on any atom is 0.228 e. The van der Waals surface area contributed by atoms with E-state index >= 15 is 0 Å². The highest BCUT2D eigenvalue weighted by Gasteiger charge is 2.40. The number of carbonyl (C=O) groups excluding carboxylic acids is 1. The van der Waals surface area contributed by atoms with Crippen LogP contribution in [0.1, 0.15) is 36.1 Å². The zero-order valence-corrected chi connectivity index (χ0v) is 17.7. The molecule has 0 spiro atoms. The maximum absolute atomic E-state index is 12.8. The molecule has 156 valence electrons. The van der Waals surface area contributed by atoms with Crippen LogP contribution in [0.25, 0.3) is 5.57 Å². The van der Waals surface area contributed by atoms with Crippen LogP contribution in [0, 0.1) is 11.8 Å². The number of nitrogens with zero attached hydrogens (tertiary/aromatic N) is 3. The summed E-state index contributed by atoms with van der Waals surface area (Å²) in [4.78, 5) is 21.7. The van der Waals surface area contributed by atoms with Crippen molar-refractivity contribution in [2.45, 2.75) is 32.1 Å². The number of pyridine rings is 1. The fourth-order valence-electron chi connectivity index (χ4n) is 5.35. The molecule has 2 aromatic rings. The van der Waals surface area contributed by atoms with Crippen LogP contribution in [0.2, 0.25) is 0 Å². The Morgan fingerprint density at radius 3 is 2.63 bits per heavy atom. The fourth-order valence-corrected chi connectivity index (χ4v) is 5.35. The molecule has 0 radical (unpaired) electrons. The van der Waals surface area contributed by atoms with E-state index in [4.69, 9.17) is 0 Å². The minimum absolute atomic E-state index is 0.208. The summed E-state index contributed by atoms with van der Waals surface area (Å²) >= 11 is 0. The first-order chi connectivity index (χ1) is 14.8. The highest BCUT2D eigenvalue weighted by atomic mass is 16.2. The second kappa shape index (κ2) is 8.73. The summed E-state index contributed by atoms with van der Waals surface area (Å²) in [5, 5.41) is 0. The molecule has 1 aromatic heterocycles. The number of amides is 1. The zero-order valence-electron chi connectivity index (χ0n) is 17.7. The highest BCUT2D eigenvalue weighted by molar-refractivity contribution is 5.80. The van der Waals surface area contributed by atoms with E-state index in [9.17, 15) is 4.79 Å². The van der Waals surface area contributed by atoms with E-state index in [1.54, 1.807) is 6.20 Å². The minimum Gasteiger partial charge on any atom is -0.341 e. The van der Waals surface area contributed by atoms with Crippen molar-refractivity contribution in [2.24, 2.45) is 11.8 Å². The molecule has 1 aromatic carbocycles. The van der Waals surface area contributed by atoms with E-state index in [1.165, 1.54) is 49.2 Å². The number of hydrogen-bond donors (Lipinski definition) is 0. The molecular weight excluding hydrogens is 370 g/mol. The number of allylic oxidation sites excluding steroid dienone is 1. The maximum atomic E-state index is 12.8. The first-order valence-electron chi connectivity index (χ1n) is 11.5. The number of aromatic nitrogens is 1. The molecule has 4 heteroatoms. The second-order valence-electron chi connectivity index (χ2n) is 9.05. The number of carbonyl (C=O) groups is 1. The third-order valence-electron chi connectivity index (χ3n) is 7.09. The van der Waals surface area contributed by atoms with Gasteiger partial charge in [-0.05, 0) is 73.5 Å². The Morgan fingerprint density at radius 2 is 1.87 bits per heavy atom. The summed E-state index contributed by atoms with van der Waals surface area (Å²) < 4.78 is 0. The molecule has 2 fully saturated rings. The molecular formula is C26H31N3O. The third-order valence-corrected chi connectivity index (χ3v) is 7.09. The lowest BCUT2D eigenvalue weighted by molar-refractivity contribution is -0.129. The summed E-state index contributed by atoms with van der Waals surface area (Å²) in [6.07, 6.45) is 9.52. The molecule has 2 saturated heterocycles. The van der Waals surface area contributed by atoms with Gasteiger partial charge in [-0.3, -0.25) is 9.78 Å². The van der Waals surface area contributed by atoms with Gasteiger partial charge in [0.2, 0.25) is 5.91 Å². The topological polar surface area (TPSA) is 36.4 Å². The average molecular weight is 402 g/mol. The van der Waals surface area contributed by atoms with Crippen LogP contribution in [0.3, 0.4) is 0 Å². The molecule has 0 bridgehead atoms. The first kappa shape index (κ1) is 19.5.